The zero-order chi connectivity index (χ0) is 21.3. The summed E-state index contributed by atoms with van der Waals surface area (Å²) in [7, 11) is 1.68. The predicted molar refractivity (Wildman–Crippen MR) is 117 cm³/mol. The Kier molecular flexibility index (Phi) is 5.57. The number of fused-ring (bicyclic) bond motifs is 1. The number of carbonyl (C=O) groups is 1. The first-order chi connectivity index (χ1) is 14.5. The molecule has 6 heteroatoms. The highest BCUT2D eigenvalue weighted by Crippen LogP contribution is 2.44. The average molecular weight is 405 g/mol. The fraction of sp³-hybridized carbons (Fsp3) is 0.375. The maximum Gasteiger partial charge on any atom is 0.231 e. The molecular weight excluding hydrogens is 376 g/mol. The van der Waals surface area contributed by atoms with E-state index in [9.17, 15) is 4.79 Å². The van der Waals surface area contributed by atoms with Gasteiger partial charge in [-0.2, -0.15) is 10.1 Å². The van der Waals surface area contributed by atoms with Crippen LogP contribution in [-0.4, -0.2) is 27.8 Å². The topological polar surface area (TPSA) is 60.2 Å². The molecule has 2 aromatic carbocycles. The first kappa shape index (κ1) is 20.1. The molecule has 6 nitrogen and oxygen atoms in total. The van der Waals surface area contributed by atoms with Crippen molar-refractivity contribution in [2.24, 2.45) is 5.92 Å². The highest BCUT2D eigenvalue weighted by Gasteiger charge is 2.40. The average Bonchev–Trinajstić information content (AvgIpc) is 3.22. The molecule has 1 aromatic heterocycles. The van der Waals surface area contributed by atoms with E-state index in [2.05, 4.69) is 61.2 Å². The van der Waals surface area contributed by atoms with E-state index < -0.39 is 0 Å². The second kappa shape index (κ2) is 8.30. The van der Waals surface area contributed by atoms with Crippen LogP contribution in [0.15, 0.2) is 54.9 Å². The van der Waals surface area contributed by atoms with Crippen LogP contribution in [0.2, 0.25) is 0 Å². The molecule has 1 amide bonds. The van der Waals surface area contributed by atoms with Crippen LogP contribution < -0.4 is 9.64 Å². The summed E-state index contributed by atoms with van der Waals surface area (Å²) in [5.74, 6) is 1.74. The Morgan fingerprint density at radius 3 is 2.57 bits per heavy atom. The van der Waals surface area contributed by atoms with Crippen LogP contribution in [0.4, 0.5) is 5.95 Å². The van der Waals surface area contributed by atoms with E-state index in [4.69, 9.17) is 4.74 Å². The minimum absolute atomic E-state index is 0.0725. The van der Waals surface area contributed by atoms with Gasteiger partial charge in [0, 0.05) is 12.0 Å². The number of ether oxygens (including phenoxy) is 1. The van der Waals surface area contributed by atoms with Gasteiger partial charge >= 0.3 is 0 Å². The number of carbonyl (C=O) groups excluding carboxylic acids is 1. The van der Waals surface area contributed by atoms with Gasteiger partial charge in [0.1, 0.15) is 12.1 Å². The molecule has 0 saturated carbocycles. The van der Waals surface area contributed by atoms with E-state index in [1.165, 1.54) is 11.9 Å². The smallest absolute Gasteiger partial charge is 0.231 e. The van der Waals surface area contributed by atoms with Crippen molar-refractivity contribution in [1.29, 1.82) is 0 Å². The first-order valence-electron chi connectivity index (χ1n) is 10.4. The van der Waals surface area contributed by atoms with Crippen LogP contribution in [0.3, 0.4) is 0 Å². The van der Waals surface area contributed by atoms with Crippen molar-refractivity contribution in [3.63, 3.8) is 0 Å². The first-order valence-corrected chi connectivity index (χ1v) is 10.4. The van der Waals surface area contributed by atoms with Crippen LogP contribution >= 0.6 is 0 Å². The van der Waals surface area contributed by atoms with Gasteiger partial charge in [0.25, 0.3) is 0 Å². The van der Waals surface area contributed by atoms with E-state index in [0.717, 1.165) is 16.9 Å². The quantitative estimate of drug-likeness (QED) is 0.618. The van der Waals surface area contributed by atoms with Crippen molar-refractivity contribution in [3.05, 3.63) is 71.5 Å². The molecule has 0 N–H and O–H groups in total. The molecule has 0 saturated heterocycles. The lowest BCUT2D eigenvalue weighted by Crippen LogP contribution is -2.43. The van der Waals surface area contributed by atoms with Gasteiger partial charge in [0.2, 0.25) is 11.9 Å². The molecule has 1 aliphatic rings. The van der Waals surface area contributed by atoms with Gasteiger partial charge < -0.3 is 4.74 Å². The Morgan fingerprint density at radius 1 is 1.13 bits per heavy atom. The fourth-order valence-corrected chi connectivity index (χ4v) is 4.20. The number of aromatic nitrogens is 3. The van der Waals surface area contributed by atoms with Crippen LogP contribution in [0, 0.1) is 12.8 Å². The Hall–Kier alpha value is -3.15. The zero-order valence-electron chi connectivity index (χ0n) is 17.9. The second-order valence-corrected chi connectivity index (χ2v) is 8.29. The standard InChI is InChI=1S/C24H28N4O2/c1-16(2)13-23(29)27-20(18-11-9-17(3)10-12-18)14-21(28-24(27)25-15-26-28)19-7-5-6-8-22(19)30-4/h5-12,15-16,20-21H,13-14H2,1-4H3. The van der Waals surface area contributed by atoms with E-state index in [1.807, 2.05) is 27.8 Å². The third-order valence-corrected chi connectivity index (χ3v) is 5.63. The molecule has 2 unspecified atom stereocenters. The number of rotatable bonds is 5. The molecule has 0 aliphatic carbocycles. The van der Waals surface area contributed by atoms with Crippen molar-refractivity contribution in [3.8, 4) is 5.75 Å². The molecule has 156 valence electrons. The Balaban J connectivity index is 1.84. The largest absolute Gasteiger partial charge is 0.496 e. The minimum atomic E-state index is -0.122. The number of benzene rings is 2. The summed E-state index contributed by atoms with van der Waals surface area (Å²) < 4.78 is 7.49. The van der Waals surface area contributed by atoms with E-state index in [1.54, 1.807) is 7.11 Å². The summed E-state index contributed by atoms with van der Waals surface area (Å²) in [6.45, 7) is 6.19. The number of aryl methyl sites for hydroxylation is 1. The summed E-state index contributed by atoms with van der Waals surface area (Å²) >= 11 is 0. The lowest BCUT2D eigenvalue weighted by Gasteiger charge is -2.39. The molecule has 30 heavy (non-hydrogen) atoms. The SMILES string of the molecule is COc1ccccc1C1CC(c2ccc(C)cc2)N(C(=O)CC(C)C)c2ncnn21. The fourth-order valence-electron chi connectivity index (χ4n) is 4.20. The highest BCUT2D eigenvalue weighted by atomic mass is 16.5. The van der Waals surface area contributed by atoms with Crippen molar-refractivity contribution < 1.29 is 9.53 Å². The van der Waals surface area contributed by atoms with Crippen LogP contribution in [0.25, 0.3) is 0 Å². The van der Waals surface area contributed by atoms with E-state index >= 15 is 0 Å². The molecule has 0 fully saturated rings. The lowest BCUT2D eigenvalue weighted by molar-refractivity contribution is -0.120. The second-order valence-electron chi connectivity index (χ2n) is 8.29. The van der Waals surface area contributed by atoms with Crippen molar-refractivity contribution in [2.75, 3.05) is 12.0 Å². The van der Waals surface area contributed by atoms with Gasteiger partial charge in [0.05, 0.1) is 19.2 Å². The highest BCUT2D eigenvalue weighted by molar-refractivity contribution is 5.93. The van der Waals surface area contributed by atoms with Crippen LogP contribution in [0.1, 0.15) is 55.5 Å². The summed E-state index contributed by atoms with van der Waals surface area (Å²) in [6, 6.07) is 16.2. The maximum atomic E-state index is 13.3. The molecule has 1 aliphatic heterocycles. The lowest BCUT2D eigenvalue weighted by atomic mass is 9.90. The van der Waals surface area contributed by atoms with Crippen LogP contribution in [0.5, 0.6) is 5.75 Å². The van der Waals surface area contributed by atoms with Crippen molar-refractivity contribution in [1.82, 2.24) is 14.8 Å². The molecule has 2 atom stereocenters. The van der Waals surface area contributed by atoms with Gasteiger partial charge in [0.15, 0.2) is 0 Å². The van der Waals surface area contributed by atoms with Gasteiger partial charge in [-0.1, -0.05) is 61.9 Å². The summed E-state index contributed by atoms with van der Waals surface area (Å²) in [6.07, 6.45) is 2.70. The van der Waals surface area contributed by atoms with Gasteiger partial charge in [-0.05, 0) is 30.9 Å². The monoisotopic (exact) mass is 404 g/mol. The number of hydrogen-bond donors (Lipinski definition) is 0. The predicted octanol–water partition coefficient (Wildman–Crippen LogP) is 4.71. The van der Waals surface area contributed by atoms with E-state index in [0.29, 0.717) is 18.8 Å². The third kappa shape index (κ3) is 3.70. The van der Waals surface area contributed by atoms with E-state index in [-0.39, 0.29) is 23.9 Å². The molecule has 0 spiro atoms. The minimum Gasteiger partial charge on any atom is -0.496 e. The maximum absolute atomic E-state index is 13.3. The molecule has 2 heterocycles. The number of methoxy groups -OCH3 is 1. The van der Waals surface area contributed by atoms with Gasteiger partial charge in [-0.25, -0.2) is 4.68 Å². The number of hydrogen-bond acceptors (Lipinski definition) is 4. The molecular formula is C24H28N4O2. The molecule has 4 rings (SSSR count). The number of anilines is 1. The molecule has 0 bridgehead atoms. The number of nitrogens with zero attached hydrogens (tertiary/aromatic N) is 4. The number of para-hydroxylation sites is 1. The van der Waals surface area contributed by atoms with Crippen molar-refractivity contribution in [2.45, 2.75) is 45.7 Å². The number of amides is 1. The van der Waals surface area contributed by atoms with Gasteiger partial charge in [-0.15, -0.1) is 0 Å². The molecule has 3 aromatic rings. The van der Waals surface area contributed by atoms with Crippen LogP contribution in [-0.2, 0) is 4.79 Å². The van der Waals surface area contributed by atoms with Crippen molar-refractivity contribution >= 4 is 11.9 Å². The van der Waals surface area contributed by atoms with Gasteiger partial charge in [-0.3, -0.25) is 9.69 Å². The normalized spacial score (nSPS) is 18.4. The Labute approximate surface area is 177 Å². The molecule has 0 radical (unpaired) electrons. The summed E-state index contributed by atoms with van der Waals surface area (Å²) in [4.78, 5) is 19.7. The Bertz CT molecular complexity index is 1030. The third-order valence-electron chi connectivity index (χ3n) is 5.63. The zero-order valence-corrected chi connectivity index (χ0v) is 17.9. The summed E-state index contributed by atoms with van der Waals surface area (Å²) in [5, 5.41) is 4.50. The summed E-state index contributed by atoms with van der Waals surface area (Å²) in [5.41, 5.74) is 3.34. The Morgan fingerprint density at radius 2 is 1.87 bits per heavy atom.